The second kappa shape index (κ2) is 7.86. The van der Waals surface area contributed by atoms with Crippen molar-refractivity contribution in [2.45, 2.75) is 26.2 Å². The number of ether oxygens (including phenoxy) is 1. The van der Waals surface area contributed by atoms with Gasteiger partial charge >= 0.3 is 0 Å². The third-order valence-electron chi connectivity index (χ3n) is 4.33. The summed E-state index contributed by atoms with van der Waals surface area (Å²) in [6, 6.07) is 15.8. The Labute approximate surface area is 143 Å². The molecule has 1 aliphatic heterocycles. The first-order chi connectivity index (χ1) is 11.8. The van der Waals surface area contributed by atoms with E-state index in [4.69, 9.17) is 4.74 Å². The molecular formula is C20H24N2O2. The van der Waals surface area contributed by atoms with Crippen LogP contribution < -0.4 is 15.0 Å². The van der Waals surface area contributed by atoms with Crippen LogP contribution in [0.15, 0.2) is 48.5 Å². The Bertz CT molecular complexity index is 676. The van der Waals surface area contributed by atoms with Crippen molar-refractivity contribution in [3.8, 4) is 5.75 Å². The van der Waals surface area contributed by atoms with Crippen molar-refractivity contribution in [3.63, 3.8) is 0 Å². The molecule has 0 aromatic heterocycles. The van der Waals surface area contributed by atoms with Crippen LogP contribution in [-0.4, -0.2) is 25.6 Å². The van der Waals surface area contributed by atoms with Gasteiger partial charge in [0.25, 0.3) is 5.91 Å². The van der Waals surface area contributed by atoms with Gasteiger partial charge < -0.3 is 15.0 Å². The molecule has 1 N–H and O–H groups in total. The Morgan fingerprint density at radius 1 is 1.08 bits per heavy atom. The van der Waals surface area contributed by atoms with E-state index in [2.05, 4.69) is 23.2 Å². The van der Waals surface area contributed by atoms with Gasteiger partial charge in [-0.25, -0.2) is 0 Å². The summed E-state index contributed by atoms with van der Waals surface area (Å²) in [5.41, 5.74) is 3.20. The lowest BCUT2D eigenvalue weighted by Crippen LogP contribution is -2.24. The minimum Gasteiger partial charge on any atom is -0.484 e. The maximum Gasteiger partial charge on any atom is 0.262 e. The van der Waals surface area contributed by atoms with Crippen molar-refractivity contribution in [1.29, 1.82) is 0 Å². The smallest absolute Gasteiger partial charge is 0.262 e. The van der Waals surface area contributed by atoms with E-state index in [0.29, 0.717) is 0 Å². The number of para-hydroxylation sites is 2. The molecule has 4 heteroatoms. The minimum atomic E-state index is -0.138. The number of hydrogen-bond acceptors (Lipinski definition) is 3. The van der Waals surface area contributed by atoms with E-state index in [-0.39, 0.29) is 12.5 Å². The maximum absolute atomic E-state index is 12.2. The Balaban J connectivity index is 1.58. The molecule has 0 unspecified atom stereocenters. The molecule has 3 rings (SSSR count). The SMILES string of the molecule is CCc1ccc(OCC(=O)Nc2ccccc2N2CCCC2)cc1. The highest BCUT2D eigenvalue weighted by molar-refractivity contribution is 5.95. The van der Waals surface area contributed by atoms with Crippen LogP contribution >= 0.6 is 0 Å². The average Bonchev–Trinajstić information content (AvgIpc) is 3.15. The Hall–Kier alpha value is -2.49. The predicted octanol–water partition coefficient (Wildman–Crippen LogP) is 3.87. The zero-order chi connectivity index (χ0) is 16.8. The van der Waals surface area contributed by atoms with Crippen LogP contribution in [0.5, 0.6) is 5.75 Å². The van der Waals surface area contributed by atoms with Crippen LogP contribution in [0, 0.1) is 0 Å². The van der Waals surface area contributed by atoms with Crippen LogP contribution in [0.3, 0.4) is 0 Å². The van der Waals surface area contributed by atoms with E-state index < -0.39 is 0 Å². The summed E-state index contributed by atoms with van der Waals surface area (Å²) in [4.78, 5) is 14.5. The fourth-order valence-electron chi connectivity index (χ4n) is 2.97. The highest BCUT2D eigenvalue weighted by Crippen LogP contribution is 2.28. The summed E-state index contributed by atoms with van der Waals surface area (Å²) >= 11 is 0. The topological polar surface area (TPSA) is 41.6 Å². The Morgan fingerprint density at radius 3 is 2.50 bits per heavy atom. The number of carbonyl (C=O) groups excluding carboxylic acids is 1. The van der Waals surface area contributed by atoms with Gasteiger partial charge in [0.1, 0.15) is 5.75 Å². The van der Waals surface area contributed by atoms with E-state index in [1.807, 2.05) is 42.5 Å². The highest BCUT2D eigenvalue weighted by atomic mass is 16.5. The molecule has 2 aromatic rings. The third kappa shape index (κ3) is 4.07. The van der Waals surface area contributed by atoms with Gasteiger partial charge in [-0.2, -0.15) is 0 Å². The first-order valence-corrected chi connectivity index (χ1v) is 8.62. The molecule has 1 aliphatic rings. The van der Waals surface area contributed by atoms with Gasteiger partial charge in [0, 0.05) is 13.1 Å². The minimum absolute atomic E-state index is 0.0137. The number of rotatable bonds is 6. The Kier molecular flexibility index (Phi) is 5.36. The van der Waals surface area contributed by atoms with Crippen molar-refractivity contribution in [2.75, 3.05) is 29.9 Å². The molecular weight excluding hydrogens is 300 g/mol. The fraction of sp³-hybridized carbons (Fsp3) is 0.350. The summed E-state index contributed by atoms with van der Waals surface area (Å²) < 4.78 is 5.58. The van der Waals surface area contributed by atoms with Crippen LogP contribution in [0.25, 0.3) is 0 Å². The van der Waals surface area contributed by atoms with Crippen molar-refractivity contribution in [1.82, 2.24) is 0 Å². The summed E-state index contributed by atoms with van der Waals surface area (Å²) in [7, 11) is 0. The van der Waals surface area contributed by atoms with Crippen LogP contribution in [-0.2, 0) is 11.2 Å². The zero-order valence-electron chi connectivity index (χ0n) is 14.1. The van der Waals surface area contributed by atoms with Crippen molar-refractivity contribution in [2.24, 2.45) is 0 Å². The average molecular weight is 324 g/mol. The molecule has 0 bridgehead atoms. The third-order valence-corrected chi connectivity index (χ3v) is 4.33. The molecule has 0 atom stereocenters. The van der Waals surface area contributed by atoms with Crippen molar-refractivity contribution in [3.05, 3.63) is 54.1 Å². The summed E-state index contributed by atoms with van der Waals surface area (Å²) in [5.74, 6) is 0.580. The van der Waals surface area contributed by atoms with Gasteiger partial charge in [0.05, 0.1) is 11.4 Å². The van der Waals surface area contributed by atoms with E-state index in [0.717, 1.165) is 36.6 Å². The molecule has 1 saturated heterocycles. The van der Waals surface area contributed by atoms with Gasteiger partial charge in [-0.15, -0.1) is 0 Å². The fourth-order valence-corrected chi connectivity index (χ4v) is 2.97. The lowest BCUT2D eigenvalue weighted by Gasteiger charge is -2.21. The maximum atomic E-state index is 12.2. The van der Waals surface area contributed by atoms with E-state index in [1.165, 1.54) is 18.4 Å². The molecule has 0 radical (unpaired) electrons. The van der Waals surface area contributed by atoms with Crippen LogP contribution in [0.2, 0.25) is 0 Å². The predicted molar refractivity (Wildman–Crippen MR) is 97.8 cm³/mol. The first-order valence-electron chi connectivity index (χ1n) is 8.62. The van der Waals surface area contributed by atoms with Gasteiger partial charge in [0.15, 0.2) is 6.61 Å². The number of hydrogen-bond donors (Lipinski definition) is 1. The van der Waals surface area contributed by atoms with Crippen molar-refractivity contribution < 1.29 is 9.53 Å². The quantitative estimate of drug-likeness (QED) is 0.877. The second-order valence-corrected chi connectivity index (χ2v) is 6.05. The number of nitrogens with one attached hydrogen (secondary N) is 1. The van der Waals surface area contributed by atoms with Gasteiger partial charge in [-0.1, -0.05) is 31.2 Å². The van der Waals surface area contributed by atoms with Crippen molar-refractivity contribution >= 4 is 17.3 Å². The van der Waals surface area contributed by atoms with Gasteiger partial charge in [-0.05, 0) is 49.1 Å². The normalized spacial score (nSPS) is 13.8. The van der Waals surface area contributed by atoms with E-state index in [1.54, 1.807) is 0 Å². The number of amides is 1. The first kappa shape index (κ1) is 16.4. The van der Waals surface area contributed by atoms with Crippen LogP contribution in [0.4, 0.5) is 11.4 Å². The van der Waals surface area contributed by atoms with E-state index >= 15 is 0 Å². The molecule has 126 valence electrons. The summed E-state index contributed by atoms with van der Waals surface area (Å²) in [6.07, 6.45) is 3.41. The second-order valence-electron chi connectivity index (χ2n) is 6.05. The number of carbonyl (C=O) groups is 1. The number of benzene rings is 2. The van der Waals surface area contributed by atoms with Gasteiger partial charge in [0.2, 0.25) is 0 Å². The molecule has 0 aliphatic carbocycles. The van der Waals surface area contributed by atoms with E-state index in [9.17, 15) is 4.79 Å². The summed E-state index contributed by atoms with van der Waals surface area (Å²) in [5, 5.41) is 2.97. The zero-order valence-corrected chi connectivity index (χ0v) is 14.1. The van der Waals surface area contributed by atoms with Crippen LogP contribution in [0.1, 0.15) is 25.3 Å². The molecule has 0 saturated carbocycles. The molecule has 4 nitrogen and oxygen atoms in total. The molecule has 0 spiro atoms. The monoisotopic (exact) mass is 324 g/mol. The molecule has 2 aromatic carbocycles. The number of aryl methyl sites for hydroxylation is 1. The summed E-state index contributed by atoms with van der Waals surface area (Å²) in [6.45, 7) is 4.22. The number of nitrogens with zero attached hydrogens (tertiary/aromatic N) is 1. The molecule has 24 heavy (non-hydrogen) atoms. The highest BCUT2D eigenvalue weighted by Gasteiger charge is 2.16. The lowest BCUT2D eigenvalue weighted by atomic mass is 10.2. The number of anilines is 2. The van der Waals surface area contributed by atoms with Gasteiger partial charge in [-0.3, -0.25) is 4.79 Å². The largest absolute Gasteiger partial charge is 0.484 e. The molecule has 1 amide bonds. The molecule has 1 fully saturated rings. The standard InChI is InChI=1S/C20H24N2O2/c1-2-16-9-11-17(12-10-16)24-15-20(23)21-18-7-3-4-8-19(18)22-13-5-6-14-22/h3-4,7-12H,2,5-6,13-15H2,1H3,(H,21,23). The lowest BCUT2D eigenvalue weighted by molar-refractivity contribution is -0.118. The molecule has 1 heterocycles. The Morgan fingerprint density at radius 2 is 1.79 bits per heavy atom.